The molecule has 2 aromatic carbocycles. The average molecular weight is 484 g/mol. The van der Waals surface area contributed by atoms with Gasteiger partial charge in [0.15, 0.2) is 0 Å². The number of unbranched alkanes of at least 4 members (excludes halogenated alkanes) is 1. The highest BCUT2D eigenvalue weighted by atomic mass is 32.2. The largest absolute Gasteiger partial charge is 0.381 e. The molecule has 3 rings (SSSR count). The summed E-state index contributed by atoms with van der Waals surface area (Å²) in [7, 11) is 2.04. The second kappa shape index (κ2) is 13.5. The van der Waals surface area contributed by atoms with Crippen molar-refractivity contribution >= 4 is 35.0 Å². The molecule has 1 aromatic heterocycles. The van der Waals surface area contributed by atoms with Crippen LogP contribution < -0.4 is 4.31 Å². The Kier molecular flexibility index (Phi) is 11.1. The van der Waals surface area contributed by atoms with E-state index in [2.05, 4.69) is 68.6 Å². The van der Waals surface area contributed by atoms with E-state index in [4.69, 9.17) is 9.72 Å². The van der Waals surface area contributed by atoms with E-state index in [1.54, 1.807) is 11.9 Å². The highest BCUT2D eigenvalue weighted by Crippen LogP contribution is 2.32. The van der Waals surface area contributed by atoms with Crippen LogP contribution >= 0.6 is 11.9 Å². The number of aromatic nitrogens is 2. The summed E-state index contributed by atoms with van der Waals surface area (Å²) in [5.41, 5.74) is 4.00. The lowest BCUT2D eigenvalue weighted by molar-refractivity contribution is 0.112. The van der Waals surface area contributed by atoms with Gasteiger partial charge in [-0.15, -0.1) is 0 Å². The predicted molar refractivity (Wildman–Crippen MR) is 146 cm³/mol. The fraction of sp³-hybridized carbons (Fsp3) is 0.500. The van der Waals surface area contributed by atoms with Crippen LogP contribution in [0.4, 0.5) is 5.69 Å². The maximum Gasteiger partial charge on any atom is 0.150 e. The number of aryl methyl sites for hydroxylation is 1. The molecule has 0 saturated carbocycles. The molecule has 0 unspecified atom stereocenters. The molecule has 0 spiro atoms. The molecule has 1 heterocycles. The molecule has 0 bridgehead atoms. The quantitative estimate of drug-likeness (QED) is 0.169. The Balaban J connectivity index is 0.000000440. The topological polar surface area (TPSA) is 47.4 Å². The lowest BCUT2D eigenvalue weighted by Crippen LogP contribution is -2.18. The Morgan fingerprint density at radius 3 is 2.29 bits per heavy atom. The van der Waals surface area contributed by atoms with Crippen molar-refractivity contribution in [2.45, 2.75) is 77.7 Å². The van der Waals surface area contributed by atoms with Crippen LogP contribution in [0.25, 0.3) is 11.0 Å². The van der Waals surface area contributed by atoms with Gasteiger partial charge < -0.3 is 13.6 Å². The first-order valence-corrected chi connectivity index (χ1v) is 13.1. The van der Waals surface area contributed by atoms with E-state index in [9.17, 15) is 4.79 Å². The summed E-state index contributed by atoms with van der Waals surface area (Å²) < 4.78 is 9.64. The lowest BCUT2D eigenvalue weighted by atomic mass is 9.96. The fourth-order valence-electron chi connectivity index (χ4n) is 3.52. The number of hydrogen-bond acceptors (Lipinski definition) is 5. The van der Waals surface area contributed by atoms with E-state index in [0.717, 1.165) is 54.4 Å². The number of fused-ring (bicyclic) bond motifs is 1. The van der Waals surface area contributed by atoms with Crippen LogP contribution in [-0.4, -0.2) is 36.1 Å². The zero-order valence-electron chi connectivity index (χ0n) is 21.9. The smallest absolute Gasteiger partial charge is 0.150 e. The number of rotatable bonds is 10. The highest BCUT2D eigenvalue weighted by Gasteiger charge is 2.22. The molecule has 0 amide bonds. The third-order valence-corrected chi connectivity index (χ3v) is 6.30. The van der Waals surface area contributed by atoms with Gasteiger partial charge in [0, 0.05) is 48.4 Å². The van der Waals surface area contributed by atoms with E-state index in [-0.39, 0.29) is 5.41 Å². The van der Waals surface area contributed by atoms with Gasteiger partial charge in [-0.05, 0) is 62.0 Å². The summed E-state index contributed by atoms with van der Waals surface area (Å²) in [4.78, 5) is 16.8. The summed E-state index contributed by atoms with van der Waals surface area (Å²) >= 11 is 1.63. The Hall–Kier alpha value is -2.31. The van der Waals surface area contributed by atoms with E-state index in [1.807, 2.05) is 31.3 Å². The van der Waals surface area contributed by atoms with E-state index in [0.29, 0.717) is 5.56 Å². The van der Waals surface area contributed by atoms with Crippen molar-refractivity contribution in [1.29, 1.82) is 0 Å². The van der Waals surface area contributed by atoms with Crippen molar-refractivity contribution in [3.05, 3.63) is 53.9 Å². The van der Waals surface area contributed by atoms with Crippen LogP contribution in [0, 0.1) is 0 Å². The second-order valence-corrected chi connectivity index (χ2v) is 10.5. The monoisotopic (exact) mass is 483 g/mol. The second-order valence-electron chi connectivity index (χ2n) is 9.34. The number of hydrogen-bond donors (Lipinski definition) is 0. The van der Waals surface area contributed by atoms with Gasteiger partial charge in [-0.3, -0.25) is 4.79 Å². The van der Waals surface area contributed by atoms with E-state index in [1.165, 1.54) is 18.4 Å². The van der Waals surface area contributed by atoms with Crippen LogP contribution in [-0.2, 0) is 16.7 Å². The molecule has 0 atom stereocenters. The molecule has 0 saturated heterocycles. The molecule has 0 aliphatic heterocycles. The van der Waals surface area contributed by atoms with Crippen LogP contribution in [0.1, 0.15) is 77.0 Å². The van der Waals surface area contributed by atoms with Gasteiger partial charge in [-0.25, -0.2) is 4.98 Å². The first kappa shape index (κ1) is 27.9. The van der Waals surface area contributed by atoms with Crippen LogP contribution in [0.3, 0.4) is 0 Å². The van der Waals surface area contributed by atoms with Gasteiger partial charge in [0.25, 0.3) is 0 Å². The summed E-state index contributed by atoms with van der Waals surface area (Å²) in [5.74, 6) is 1.12. The van der Waals surface area contributed by atoms with Crippen molar-refractivity contribution in [1.82, 2.24) is 9.55 Å². The first-order valence-electron chi connectivity index (χ1n) is 12.3. The predicted octanol–water partition coefficient (Wildman–Crippen LogP) is 7.52. The number of nitrogens with zero attached hydrogens (tertiary/aromatic N) is 3. The summed E-state index contributed by atoms with van der Waals surface area (Å²) in [5, 5.41) is 0. The van der Waals surface area contributed by atoms with Crippen LogP contribution in [0.5, 0.6) is 0 Å². The normalized spacial score (nSPS) is 11.3. The molecule has 6 heteroatoms. The number of anilines is 1. The number of imidazole rings is 1. The minimum absolute atomic E-state index is 0.0101. The zero-order valence-corrected chi connectivity index (χ0v) is 22.7. The highest BCUT2D eigenvalue weighted by molar-refractivity contribution is 8.00. The Labute approximate surface area is 210 Å². The van der Waals surface area contributed by atoms with E-state index >= 15 is 0 Å². The molecule has 0 N–H and O–H groups in total. The summed E-state index contributed by atoms with van der Waals surface area (Å²) in [6, 6.07) is 14.0. The molecule has 0 aliphatic rings. The lowest BCUT2D eigenvalue weighted by Gasteiger charge is -2.19. The van der Waals surface area contributed by atoms with Gasteiger partial charge in [0.2, 0.25) is 0 Å². The van der Waals surface area contributed by atoms with Gasteiger partial charge in [0.05, 0.1) is 11.0 Å². The van der Waals surface area contributed by atoms with Gasteiger partial charge in [-0.2, -0.15) is 0 Å². The zero-order chi connectivity index (χ0) is 25.1. The third-order valence-electron chi connectivity index (χ3n) is 5.33. The summed E-state index contributed by atoms with van der Waals surface area (Å²) in [6.07, 6.45) is 4.45. The van der Waals surface area contributed by atoms with E-state index < -0.39 is 0 Å². The molecular weight excluding hydrogens is 442 g/mol. The van der Waals surface area contributed by atoms with Crippen molar-refractivity contribution < 1.29 is 9.53 Å². The van der Waals surface area contributed by atoms with Crippen molar-refractivity contribution in [3.8, 4) is 0 Å². The van der Waals surface area contributed by atoms with Gasteiger partial charge >= 0.3 is 0 Å². The van der Waals surface area contributed by atoms with Gasteiger partial charge in [0.1, 0.15) is 12.1 Å². The maximum absolute atomic E-state index is 10.8. The Morgan fingerprint density at radius 1 is 1.03 bits per heavy atom. The van der Waals surface area contributed by atoms with Crippen molar-refractivity contribution in [3.63, 3.8) is 0 Å². The number of carbonyl (C=O) groups is 1. The molecule has 186 valence electrons. The average Bonchev–Trinajstić information content (AvgIpc) is 3.21. The Morgan fingerprint density at radius 2 is 1.74 bits per heavy atom. The third kappa shape index (κ3) is 7.88. The standard InChI is InChI=1S/C21H25N3OS.C7H16O/c1-6-24-19-12-9-16(13-18(19)22-20(24)21(2,3)4)23(5)26-17-10-7-15(14-25)8-11-17;1-3-5-7-8-6-4-2/h7-14H,6H2,1-5H3;3-7H2,1-2H3. The minimum Gasteiger partial charge on any atom is -0.381 e. The molecule has 0 aliphatic carbocycles. The molecule has 3 aromatic rings. The molecule has 5 nitrogen and oxygen atoms in total. The number of aldehydes is 1. The van der Waals surface area contributed by atoms with Gasteiger partial charge in [-0.1, -0.05) is 53.2 Å². The minimum atomic E-state index is 0.0101. The van der Waals surface area contributed by atoms with Crippen LogP contribution in [0.2, 0.25) is 0 Å². The molecular formula is C28H41N3O2S. The van der Waals surface area contributed by atoms with Crippen LogP contribution in [0.15, 0.2) is 47.4 Å². The SMILES string of the molecule is CCCCOCCC.CCn1c(C(C)(C)C)nc2cc(N(C)Sc3ccc(C=O)cc3)ccc21. The maximum atomic E-state index is 10.8. The van der Waals surface area contributed by atoms with Crippen molar-refractivity contribution in [2.24, 2.45) is 0 Å². The molecule has 0 fully saturated rings. The fourth-order valence-corrected chi connectivity index (χ4v) is 4.31. The van der Waals surface area contributed by atoms with Crippen molar-refractivity contribution in [2.75, 3.05) is 24.6 Å². The number of carbonyl (C=O) groups excluding carboxylic acids is 1. The first-order chi connectivity index (χ1) is 16.2. The molecule has 0 radical (unpaired) electrons. The summed E-state index contributed by atoms with van der Waals surface area (Å²) in [6.45, 7) is 15.9. The Bertz CT molecular complexity index is 1020. The number of ether oxygens (including phenoxy) is 1. The molecule has 34 heavy (non-hydrogen) atoms. The number of benzene rings is 2.